The molecule has 1 unspecified atom stereocenters. The Balaban J connectivity index is 2.02. The SMILES string of the molecule is COc1cc(C)ccc1C1=NC(S)c2cc(C(=O)O)ccc2N1. The molecule has 1 atom stereocenters. The molecule has 0 aliphatic carbocycles. The molecule has 1 aliphatic rings. The first kappa shape index (κ1) is 15.4. The van der Waals surface area contributed by atoms with Crippen LogP contribution in [-0.2, 0) is 0 Å². The molecule has 0 aromatic heterocycles. The molecule has 6 heteroatoms. The van der Waals surface area contributed by atoms with Crippen LogP contribution in [0.5, 0.6) is 5.75 Å². The van der Waals surface area contributed by atoms with Crippen molar-refractivity contribution >= 4 is 30.1 Å². The van der Waals surface area contributed by atoms with Crippen molar-refractivity contribution in [3.05, 3.63) is 58.7 Å². The van der Waals surface area contributed by atoms with Crippen LogP contribution in [-0.4, -0.2) is 24.0 Å². The highest BCUT2D eigenvalue weighted by atomic mass is 32.1. The van der Waals surface area contributed by atoms with Crippen LogP contribution in [0.1, 0.15) is 32.4 Å². The van der Waals surface area contributed by atoms with Gasteiger partial charge in [0.25, 0.3) is 0 Å². The number of nitrogens with one attached hydrogen (secondary N) is 1. The Kier molecular flexibility index (Phi) is 4.00. The zero-order valence-corrected chi connectivity index (χ0v) is 13.6. The zero-order chi connectivity index (χ0) is 16.6. The molecular formula is C17H16N2O3S. The molecule has 0 spiro atoms. The summed E-state index contributed by atoms with van der Waals surface area (Å²) < 4.78 is 5.43. The van der Waals surface area contributed by atoms with Crippen molar-refractivity contribution in [3.63, 3.8) is 0 Å². The number of amidine groups is 1. The number of hydrogen-bond acceptors (Lipinski definition) is 5. The molecule has 0 bridgehead atoms. The Hall–Kier alpha value is -2.47. The van der Waals surface area contributed by atoms with Crippen molar-refractivity contribution in [2.24, 2.45) is 4.99 Å². The average Bonchev–Trinajstić information content (AvgIpc) is 2.54. The Labute approximate surface area is 139 Å². The van der Waals surface area contributed by atoms with Gasteiger partial charge in [0, 0.05) is 11.3 Å². The van der Waals surface area contributed by atoms with Gasteiger partial charge in [-0.3, -0.25) is 0 Å². The summed E-state index contributed by atoms with van der Waals surface area (Å²) in [6.07, 6.45) is 0. The minimum absolute atomic E-state index is 0.219. The van der Waals surface area contributed by atoms with Crippen LogP contribution in [0.3, 0.4) is 0 Å². The minimum atomic E-state index is -0.969. The maximum atomic E-state index is 11.1. The summed E-state index contributed by atoms with van der Waals surface area (Å²) in [7, 11) is 1.62. The number of ether oxygens (including phenoxy) is 1. The van der Waals surface area contributed by atoms with Gasteiger partial charge < -0.3 is 15.2 Å². The van der Waals surface area contributed by atoms with Crippen molar-refractivity contribution in [3.8, 4) is 5.75 Å². The zero-order valence-electron chi connectivity index (χ0n) is 12.7. The fourth-order valence-corrected chi connectivity index (χ4v) is 2.83. The number of aliphatic imine (C=N–C) groups is 1. The van der Waals surface area contributed by atoms with E-state index in [0.29, 0.717) is 5.84 Å². The van der Waals surface area contributed by atoms with Crippen LogP contribution >= 0.6 is 12.6 Å². The van der Waals surface area contributed by atoms with Crippen molar-refractivity contribution in [2.75, 3.05) is 12.4 Å². The lowest BCUT2D eigenvalue weighted by atomic mass is 10.0. The van der Waals surface area contributed by atoms with Crippen LogP contribution in [0.4, 0.5) is 5.69 Å². The molecule has 1 aliphatic heterocycles. The molecule has 0 saturated heterocycles. The number of carbonyl (C=O) groups is 1. The van der Waals surface area contributed by atoms with E-state index in [9.17, 15) is 4.79 Å². The number of methoxy groups -OCH3 is 1. The Morgan fingerprint density at radius 2 is 2.09 bits per heavy atom. The van der Waals surface area contributed by atoms with E-state index in [1.165, 1.54) is 0 Å². The smallest absolute Gasteiger partial charge is 0.335 e. The summed E-state index contributed by atoms with van der Waals surface area (Å²) in [5, 5.41) is 11.9. The average molecular weight is 328 g/mol. The predicted molar refractivity (Wildman–Crippen MR) is 93.0 cm³/mol. The number of thiol groups is 1. The number of anilines is 1. The highest BCUT2D eigenvalue weighted by Crippen LogP contribution is 2.35. The number of aryl methyl sites for hydroxylation is 1. The van der Waals surface area contributed by atoms with E-state index in [4.69, 9.17) is 9.84 Å². The molecule has 5 nitrogen and oxygen atoms in total. The van der Waals surface area contributed by atoms with E-state index in [-0.39, 0.29) is 5.56 Å². The minimum Gasteiger partial charge on any atom is -0.496 e. The maximum absolute atomic E-state index is 11.1. The third-order valence-electron chi connectivity index (χ3n) is 3.69. The summed E-state index contributed by atoms with van der Waals surface area (Å²) >= 11 is 4.49. The summed E-state index contributed by atoms with van der Waals surface area (Å²) in [6.45, 7) is 1.99. The van der Waals surface area contributed by atoms with Crippen LogP contribution in [0.25, 0.3) is 0 Å². The van der Waals surface area contributed by atoms with E-state index >= 15 is 0 Å². The number of carboxylic acids is 1. The largest absolute Gasteiger partial charge is 0.496 e. The highest BCUT2D eigenvalue weighted by molar-refractivity contribution is 7.80. The molecule has 2 aromatic carbocycles. The van der Waals surface area contributed by atoms with Crippen LogP contribution in [0.15, 0.2) is 41.4 Å². The second-order valence-electron chi connectivity index (χ2n) is 5.29. The summed E-state index contributed by atoms with van der Waals surface area (Å²) in [5.41, 5.74) is 3.68. The van der Waals surface area contributed by atoms with Gasteiger partial charge in [0.05, 0.1) is 18.2 Å². The summed E-state index contributed by atoms with van der Waals surface area (Å²) in [4.78, 5) is 15.6. The van der Waals surface area contributed by atoms with Gasteiger partial charge >= 0.3 is 5.97 Å². The number of fused-ring (bicyclic) bond motifs is 1. The van der Waals surface area contributed by atoms with Gasteiger partial charge in [0.15, 0.2) is 0 Å². The third-order valence-corrected chi connectivity index (χ3v) is 4.09. The van der Waals surface area contributed by atoms with Gasteiger partial charge in [0.2, 0.25) is 0 Å². The van der Waals surface area contributed by atoms with Crippen LogP contribution in [0.2, 0.25) is 0 Å². The number of carboxylic acid groups (broad SMARTS) is 1. The lowest BCUT2D eigenvalue weighted by Crippen LogP contribution is -2.21. The second-order valence-corrected chi connectivity index (χ2v) is 5.78. The standard InChI is InChI=1S/C17H16N2O3S/c1-9-3-5-11(14(7-9)22-2)15-18-13-6-4-10(17(20)21)8-12(13)16(23)19-15/h3-8,16,23H,1-2H3,(H,18,19)(H,20,21). The van der Waals surface area contributed by atoms with Crippen molar-refractivity contribution in [1.29, 1.82) is 0 Å². The van der Waals surface area contributed by atoms with Crippen molar-refractivity contribution in [1.82, 2.24) is 0 Å². The predicted octanol–water partition coefficient (Wildman–Crippen LogP) is 3.50. The topological polar surface area (TPSA) is 70.9 Å². The fourth-order valence-electron chi connectivity index (χ4n) is 2.51. The van der Waals surface area contributed by atoms with Crippen molar-refractivity contribution in [2.45, 2.75) is 12.3 Å². The molecule has 118 valence electrons. The fraction of sp³-hybridized carbons (Fsp3) is 0.176. The first-order chi connectivity index (χ1) is 11.0. The van der Waals surface area contributed by atoms with Gasteiger partial charge in [-0.15, -0.1) is 12.6 Å². The van der Waals surface area contributed by atoms with Gasteiger partial charge in [0.1, 0.15) is 17.0 Å². The number of benzene rings is 2. The summed E-state index contributed by atoms with van der Waals surface area (Å²) in [6, 6.07) is 10.8. The molecule has 3 rings (SSSR count). The molecule has 0 amide bonds. The Morgan fingerprint density at radius 1 is 1.30 bits per heavy atom. The third kappa shape index (κ3) is 2.90. The van der Waals surface area contributed by atoms with Gasteiger partial charge in [-0.2, -0.15) is 0 Å². The lowest BCUT2D eigenvalue weighted by Gasteiger charge is -2.24. The van der Waals surface area contributed by atoms with Crippen molar-refractivity contribution < 1.29 is 14.6 Å². The van der Waals surface area contributed by atoms with E-state index in [1.807, 2.05) is 25.1 Å². The van der Waals surface area contributed by atoms with Gasteiger partial charge in [-0.05, 0) is 42.8 Å². The quantitative estimate of drug-likeness (QED) is 0.754. The second kappa shape index (κ2) is 5.96. The van der Waals surface area contributed by atoms with Crippen LogP contribution in [0, 0.1) is 6.92 Å². The number of aromatic carboxylic acids is 1. The lowest BCUT2D eigenvalue weighted by molar-refractivity contribution is 0.0697. The normalized spacial score (nSPS) is 16.1. The van der Waals surface area contributed by atoms with Gasteiger partial charge in [-0.25, -0.2) is 9.79 Å². The number of nitrogens with zero attached hydrogens (tertiary/aromatic N) is 1. The molecular weight excluding hydrogens is 312 g/mol. The summed E-state index contributed by atoms with van der Waals surface area (Å²) in [5.74, 6) is 0.406. The van der Waals surface area contributed by atoms with Crippen LogP contribution < -0.4 is 10.1 Å². The number of hydrogen-bond donors (Lipinski definition) is 3. The first-order valence-electron chi connectivity index (χ1n) is 7.04. The Morgan fingerprint density at radius 3 is 2.78 bits per heavy atom. The van der Waals surface area contributed by atoms with E-state index in [1.54, 1.807) is 25.3 Å². The van der Waals surface area contributed by atoms with E-state index in [2.05, 4.69) is 22.9 Å². The number of rotatable bonds is 3. The highest BCUT2D eigenvalue weighted by Gasteiger charge is 2.22. The van der Waals surface area contributed by atoms with Gasteiger partial charge in [-0.1, -0.05) is 6.07 Å². The maximum Gasteiger partial charge on any atom is 0.335 e. The molecule has 2 aromatic rings. The Bertz CT molecular complexity index is 817. The molecule has 23 heavy (non-hydrogen) atoms. The molecule has 2 N–H and O–H groups in total. The molecule has 0 radical (unpaired) electrons. The first-order valence-corrected chi connectivity index (χ1v) is 7.56. The van der Waals surface area contributed by atoms with E-state index in [0.717, 1.165) is 28.1 Å². The molecule has 1 heterocycles. The van der Waals surface area contributed by atoms with E-state index < -0.39 is 11.3 Å². The monoisotopic (exact) mass is 328 g/mol. The molecule has 0 fully saturated rings. The molecule has 0 saturated carbocycles.